The van der Waals surface area contributed by atoms with Gasteiger partial charge in [0.2, 0.25) is 5.89 Å². The van der Waals surface area contributed by atoms with Gasteiger partial charge in [0.05, 0.1) is 15.5 Å². The summed E-state index contributed by atoms with van der Waals surface area (Å²) in [6.45, 7) is 0. The molecule has 0 radical (unpaired) electrons. The van der Waals surface area contributed by atoms with Crippen LogP contribution in [-0.4, -0.2) is 32.0 Å². The number of aromatic nitrogens is 1. The molecule has 5 aromatic rings. The fourth-order valence-corrected chi connectivity index (χ4v) is 5.58. The first-order valence-electron chi connectivity index (χ1n) is 10.7. The highest BCUT2D eigenvalue weighted by Crippen LogP contribution is 2.29. The lowest BCUT2D eigenvalue weighted by Gasteiger charge is -2.08. The molecule has 5 rings (SSSR count). The van der Waals surface area contributed by atoms with E-state index in [9.17, 15) is 27.0 Å². The second-order valence-corrected chi connectivity index (χ2v) is 11.3. The summed E-state index contributed by atoms with van der Waals surface area (Å²) in [5.41, 5.74) is 2.02. The molecule has 0 spiro atoms. The van der Waals surface area contributed by atoms with Gasteiger partial charge in [0.25, 0.3) is 20.0 Å². The van der Waals surface area contributed by atoms with Crippen LogP contribution < -0.4 is 9.44 Å². The van der Waals surface area contributed by atoms with Crippen LogP contribution in [0.25, 0.3) is 22.6 Å². The maximum absolute atomic E-state index is 12.6. The van der Waals surface area contributed by atoms with Gasteiger partial charge in [-0.2, -0.15) is 0 Å². The second kappa shape index (κ2) is 9.15. The number of oxazole rings is 1. The molecule has 0 amide bonds. The summed E-state index contributed by atoms with van der Waals surface area (Å²) in [5.74, 6) is 0.184. The van der Waals surface area contributed by atoms with E-state index in [1.54, 1.807) is 30.3 Å². The topological polar surface area (TPSA) is 159 Å². The van der Waals surface area contributed by atoms with Crippen LogP contribution in [-0.2, 0) is 20.0 Å². The van der Waals surface area contributed by atoms with E-state index in [4.69, 9.17) is 4.42 Å². The van der Waals surface area contributed by atoms with Crippen LogP contribution in [0.4, 0.5) is 11.4 Å². The molecule has 4 aromatic carbocycles. The number of rotatable bonds is 7. The summed E-state index contributed by atoms with van der Waals surface area (Å²) in [6.07, 6.45) is 0. The zero-order chi connectivity index (χ0) is 26.2. The number of sulfonamides is 2. The number of fused-ring (bicyclic) bond motifs is 1. The monoisotopic (exact) mass is 537 g/mol. The quantitative estimate of drug-likeness (QED) is 0.236. The van der Waals surface area contributed by atoms with E-state index in [-0.39, 0.29) is 32.9 Å². The first kappa shape index (κ1) is 24.2. The van der Waals surface area contributed by atoms with Crippen molar-refractivity contribution in [1.82, 2.24) is 4.98 Å². The number of phenolic OH excluding ortho intramolecular Hbond substituents is 2. The maximum atomic E-state index is 12.6. The highest BCUT2D eigenvalue weighted by molar-refractivity contribution is 7.93. The Kier molecular flexibility index (Phi) is 5.97. The van der Waals surface area contributed by atoms with E-state index in [1.165, 1.54) is 60.7 Å². The van der Waals surface area contributed by atoms with Crippen LogP contribution in [0, 0.1) is 0 Å². The third-order valence-corrected chi connectivity index (χ3v) is 8.11. The largest absolute Gasteiger partial charge is 0.508 e. The van der Waals surface area contributed by atoms with Crippen LogP contribution in [0.1, 0.15) is 0 Å². The Morgan fingerprint density at radius 3 is 1.65 bits per heavy atom. The van der Waals surface area contributed by atoms with E-state index in [0.717, 1.165) is 0 Å². The lowest BCUT2D eigenvalue weighted by atomic mass is 10.2. The first-order valence-corrected chi connectivity index (χ1v) is 13.7. The number of benzene rings is 4. The summed E-state index contributed by atoms with van der Waals surface area (Å²) in [7, 11) is -7.71. The Labute approximate surface area is 212 Å². The molecule has 0 aliphatic heterocycles. The second-order valence-electron chi connectivity index (χ2n) is 7.98. The molecule has 0 atom stereocenters. The number of hydrogen-bond donors (Lipinski definition) is 4. The lowest BCUT2D eigenvalue weighted by Crippen LogP contribution is -2.12. The van der Waals surface area contributed by atoms with Gasteiger partial charge in [-0.25, -0.2) is 21.8 Å². The molecule has 0 saturated heterocycles. The average molecular weight is 538 g/mol. The standard InChI is InChI=1S/C25H19N3O7S2/c29-19-6-10-21(11-7-19)36(31,32)27-17-3-1-16(2-4-17)25-26-23-15-18(5-14-24(23)35-25)28-37(33,34)22-12-8-20(30)9-13-22/h1-15,27-30H. The molecule has 0 bridgehead atoms. The van der Waals surface area contributed by atoms with Crippen LogP contribution in [0.3, 0.4) is 0 Å². The van der Waals surface area contributed by atoms with Gasteiger partial charge in [-0.3, -0.25) is 9.44 Å². The summed E-state index contributed by atoms with van der Waals surface area (Å²) in [6, 6.07) is 21.3. The molecule has 37 heavy (non-hydrogen) atoms. The third-order valence-electron chi connectivity index (χ3n) is 5.32. The van der Waals surface area contributed by atoms with E-state index >= 15 is 0 Å². The van der Waals surface area contributed by atoms with Crippen molar-refractivity contribution in [2.75, 3.05) is 9.44 Å². The van der Waals surface area contributed by atoms with Gasteiger partial charge in [0, 0.05) is 11.3 Å². The molecule has 0 aliphatic carbocycles. The van der Waals surface area contributed by atoms with Crippen LogP contribution in [0.5, 0.6) is 11.5 Å². The van der Waals surface area contributed by atoms with Crippen molar-refractivity contribution < 1.29 is 31.5 Å². The van der Waals surface area contributed by atoms with Crippen molar-refractivity contribution in [2.45, 2.75) is 9.79 Å². The maximum Gasteiger partial charge on any atom is 0.261 e. The van der Waals surface area contributed by atoms with Gasteiger partial charge in [-0.1, -0.05) is 0 Å². The molecule has 4 N–H and O–H groups in total. The highest BCUT2D eigenvalue weighted by Gasteiger charge is 2.17. The number of aromatic hydroxyl groups is 2. The normalized spacial score (nSPS) is 11.9. The highest BCUT2D eigenvalue weighted by atomic mass is 32.2. The Balaban J connectivity index is 1.34. The first-order chi connectivity index (χ1) is 17.6. The number of anilines is 2. The van der Waals surface area contributed by atoms with Crippen LogP contribution >= 0.6 is 0 Å². The summed E-state index contributed by atoms with van der Waals surface area (Å²) in [4.78, 5) is 4.42. The third kappa shape index (κ3) is 5.20. The number of hydrogen-bond acceptors (Lipinski definition) is 8. The Bertz CT molecular complexity index is 1800. The van der Waals surface area contributed by atoms with Gasteiger partial charge in [0.15, 0.2) is 5.58 Å². The molecular weight excluding hydrogens is 518 g/mol. The minimum atomic E-state index is -3.87. The Morgan fingerprint density at radius 2 is 1.11 bits per heavy atom. The fraction of sp³-hybridized carbons (Fsp3) is 0. The summed E-state index contributed by atoms with van der Waals surface area (Å²) >= 11 is 0. The number of nitrogens with one attached hydrogen (secondary N) is 2. The van der Waals surface area contributed by atoms with E-state index in [1.807, 2.05) is 0 Å². The molecule has 10 nitrogen and oxygen atoms in total. The van der Waals surface area contributed by atoms with Gasteiger partial charge < -0.3 is 14.6 Å². The van der Waals surface area contributed by atoms with Gasteiger partial charge in [0.1, 0.15) is 17.0 Å². The molecule has 0 saturated carbocycles. The average Bonchev–Trinajstić information content (AvgIpc) is 3.28. The minimum Gasteiger partial charge on any atom is -0.508 e. The number of nitrogens with zero attached hydrogens (tertiary/aromatic N) is 1. The van der Waals surface area contributed by atoms with Crippen molar-refractivity contribution in [2.24, 2.45) is 0 Å². The molecule has 1 heterocycles. The predicted molar refractivity (Wildman–Crippen MR) is 137 cm³/mol. The van der Waals surface area contributed by atoms with E-state index in [2.05, 4.69) is 14.4 Å². The van der Waals surface area contributed by atoms with E-state index in [0.29, 0.717) is 22.4 Å². The molecular formula is C25H19N3O7S2. The summed E-state index contributed by atoms with van der Waals surface area (Å²) < 4.78 is 61.0. The number of phenols is 2. The van der Waals surface area contributed by atoms with Crippen LogP contribution in [0.2, 0.25) is 0 Å². The van der Waals surface area contributed by atoms with Gasteiger partial charge >= 0.3 is 0 Å². The Morgan fingerprint density at radius 1 is 0.622 bits per heavy atom. The molecule has 0 aliphatic rings. The Hall–Kier alpha value is -4.55. The zero-order valence-corrected chi connectivity index (χ0v) is 20.5. The smallest absolute Gasteiger partial charge is 0.261 e. The van der Waals surface area contributed by atoms with Crippen molar-refractivity contribution in [3.8, 4) is 23.0 Å². The van der Waals surface area contributed by atoms with Gasteiger partial charge in [-0.05, 0) is 91.0 Å². The molecule has 12 heteroatoms. The minimum absolute atomic E-state index is 0.00478. The molecule has 188 valence electrons. The van der Waals surface area contributed by atoms with Gasteiger partial charge in [-0.15, -0.1) is 0 Å². The molecule has 1 aromatic heterocycles. The van der Waals surface area contributed by atoms with Crippen molar-refractivity contribution in [1.29, 1.82) is 0 Å². The zero-order valence-electron chi connectivity index (χ0n) is 18.9. The fourth-order valence-electron chi connectivity index (χ4n) is 3.47. The predicted octanol–water partition coefficient (Wildman–Crippen LogP) is 4.51. The van der Waals surface area contributed by atoms with Crippen molar-refractivity contribution in [3.63, 3.8) is 0 Å². The van der Waals surface area contributed by atoms with Crippen LogP contribution in [0.15, 0.2) is 105 Å². The lowest BCUT2D eigenvalue weighted by molar-refractivity contribution is 0.474. The summed E-state index contributed by atoms with van der Waals surface area (Å²) in [5, 5.41) is 18.7. The SMILES string of the molecule is O=S(=O)(Nc1ccc(-c2nc3cc(NS(=O)(=O)c4ccc(O)cc4)ccc3o2)cc1)c1ccc(O)cc1. The van der Waals surface area contributed by atoms with Crippen molar-refractivity contribution in [3.05, 3.63) is 91.0 Å². The van der Waals surface area contributed by atoms with Crippen molar-refractivity contribution >= 4 is 42.5 Å². The molecule has 0 fully saturated rings. The molecule has 0 unspecified atom stereocenters. The van der Waals surface area contributed by atoms with E-state index < -0.39 is 20.0 Å².